The number of halogens is 1. The van der Waals surface area contributed by atoms with Gasteiger partial charge in [-0.3, -0.25) is 4.98 Å². The van der Waals surface area contributed by atoms with Crippen LogP contribution in [-0.4, -0.2) is 22.7 Å². The fraction of sp³-hybridized carbons (Fsp3) is 0.444. The molecule has 0 aliphatic rings. The highest BCUT2D eigenvalue weighted by atomic mass is 35.5. The summed E-state index contributed by atoms with van der Waals surface area (Å²) in [6.07, 6.45) is 3.84. The SMILES string of the molecule is CCC(CO)Nc1c(N)cncc1Cl. The molecule has 0 saturated heterocycles. The van der Waals surface area contributed by atoms with Crippen molar-refractivity contribution in [2.45, 2.75) is 19.4 Å². The van der Waals surface area contributed by atoms with Gasteiger partial charge < -0.3 is 16.2 Å². The van der Waals surface area contributed by atoms with Gasteiger partial charge in [0.1, 0.15) is 0 Å². The number of rotatable bonds is 4. The second kappa shape index (κ2) is 5.02. The van der Waals surface area contributed by atoms with Crippen LogP contribution in [-0.2, 0) is 0 Å². The molecule has 78 valence electrons. The monoisotopic (exact) mass is 215 g/mol. The van der Waals surface area contributed by atoms with E-state index >= 15 is 0 Å². The van der Waals surface area contributed by atoms with Gasteiger partial charge in [-0.15, -0.1) is 0 Å². The Hall–Kier alpha value is -1.00. The van der Waals surface area contributed by atoms with Crippen LogP contribution in [0.1, 0.15) is 13.3 Å². The molecule has 4 N–H and O–H groups in total. The van der Waals surface area contributed by atoms with Gasteiger partial charge in [0.15, 0.2) is 0 Å². The molecule has 0 saturated carbocycles. The molecule has 1 aromatic heterocycles. The average Bonchev–Trinajstić information content (AvgIpc) is 2.18. The molecular weight excluding hydrogens is 202 g/mol. The van der Waals surface area contributed by atoms with E-state index in [2.05, 4.69) is 10.3 Å². The topological polar surface area (TPSA) is 71.2 Å². The van der Waals surface area contributed by atoms with Gasteiger partial charge in [-0.1, -0.05) is 18.5 Å². The van der Waals surface area contributed by atoms with Crippen LogP contribution in [0.15, 0.2) is 12.4 Å². The van der Waals surface area contributed by atoms with Crippen LogP contribution < -0.4 is 11.1 Å². The largest absolute Gasteiger partial charge is 0.396 e. The molecule has 14 heavy (non-hydrogen) atoms. The highest BCUT2D eigenvalue weighted by Gasteiger charge is 2.09. The Kier molecular flexibility index (Phi) is 3.98. The third-order valence-corrected chi connectivity index (χ3v) is 2.28. The van der Waals surface area contributed by atoms with Crippen LogP contribution in [0.4, 0.5) is 11.4 Å². The number of aromatic nitrogens is 1. The molecule has 0 aliphatic carbocycles. The summed E-state index contributed by atoms with van der Waals surface area (Å²) in [6.45, 7) is 2.02. The zero-order valence-electron chi connectivity index (χ0n) is 8.00. The zero-order chi connectivity index (χ0) is 10.6. The number of nitrogen functional groups attached to an aromatic ring is 1. The smallest absolute Gasteiger partial charge is 0.0841 e. The van der Waals surface area contributed by atoms with E-state index in [1.54, 1.807) is 0 Å². The number of anilines is 2. The lowest BCUT2D eigenvalue weighted by Gasteiger charge is -2.17. The fourth-order valence-electron chi connectivity index (χ4n) is 1.08. The highest BCUT2D eigenvalue weighted by Crippen LogP contribution is 2.27. The summed E-state index contributed by atoms with van der Waals surface area (Å²) in [5.41, 5.74) is 6.82. The number of nitrogens with zero attached hydrogens (tertiary/aromatic N) is 1. The van der Waals surface area contributed by atoms with E-state index in [4.69, 9.17) is 22.4 Å². The molecule has 0 bridgehead atoms. The van der Waals surface area contributed by atoms with Crippen LogP contribution >= 0.6 is 11.6 Å². The van der Waals surface area contributed by atoms with Crippen molar-refractivity contribution >= 4 is 23.0 Å². The Labute approximate surface area is 88.1 Å². The zero-order valence-corrected chi connectivity index (χ0v) is 8.75. The molecule has 4 nitrogen and oxygen atoms in total. The van der Waals surface area contributed by atoms with Crippen molar-refractivity contribution in [2.75, 3.05) is 17.7 Å². The van der Waals surface area contributed by atoms with Crippen molar-refractivity contribution < 1.29 is 5.11 Å². The number of aliphatic hydroxyl groups is 1. The number of pyridine rings is 1. The van der Waals surface area contributed by atoms with Gasteiger partial charge in [0, 0.05) is 12.2 Å². The Morgan fingerprint density at radius 1 is 1.64 bits per heavy atom. The van der Waals surface area contributed by atoms with Gasteiger partial charge in [0.2, 0.25) is 0 Å². The predicted molar refractivity (Wildman–Crippen MR) is 58.4 cm³/mol. The third kappa shape index (κ3) is 2.49. The summed E-state index contributed by atoms with van der Waals surface area (Å²) < 4.78 is 0. The second-order valence-electron chi connectivity index (χ2n) is 3.02. The standard InChI is InChI=1S/C9H14ClN3O/c1-2-6(5-14)13-9-7(10)3-12-4-8(9)11/h3-4,6,14H,2,5,11H2,1H3,(H,12,13). The Morgan fingerprint density at radius 3 is 2.86 bits per heavy atom. The van der Waals surface area contributed by atoms with E-state index < -0.39 is 0 Å². The van der Waals surface area contributed by atoms with Crippen molar-refractivity contribution in [1.29, 1.82) is 0 Å². The first-order valence-corrected chi connectivity index (χ1v) is 4.83. The normalized spacial score (nSPS) is 12.5. The molecule has 0 fully saturated rings. The molecule has 0 aromatic carbocycles. The molecule has 1 heterocycles. The number of hydrogen-bond donors (Lipinski definition) is 3. The van der Waals surface area contributed by atoms with Gasteiger partial charge in [0.25, 0.3) is 0 Å². The third-order valence-electron chi connectivity index (χ3n) is 1.99. The van der Waals surface area contributed by atoms with E-state index in [-0.39, 0.29) is 12.6 Å². The minimum Gasteiger partial charge on any atom is -0.396 e. The van der Waals surface area contributed by atoms with Crippen molar-refractivity contribution in [3.05, 3.63) is 17.4 Å². The van der Waals surface area contributed by atoms with Crippen LogP contribution in [0.5, 0.6) is 0 Å². The molecule has 1 aromatic rings. The molecule has 1 atom stereocenters. The molecule has 0 aliphatic heterocycles. The summed E-state index contributed by atoms with van der Waals surface area (Å²) >= 11 is 5.90. The van der Waals surface area contributed by atoms with Crippen LogP contribution in [0.3, 0.4) is 0 Å². The number of aliphatic hydroxyl groups excluding tert-OH is 1. The fourth-order valence-corrected chi connectivity index (χ4v) is 1.30. The molecule has 0 spiro atoms. The molecular formula is C9H14ClN3O. The minimum atomic E-state index is -0.0304. The summed E-state index contributed by atoms with van der Waals surface area (Å²) in [5, 5.41) is 12.5. The summed E-state index contributed by atoms with van der Waals surface area (Å²) in [7, 11) is 0. The summed E-state index contributed by atoms with van der Waals surface area (Å²) in [4.78, 5) is 3.84. The first kappa shape index (κ1) is 11.1. The maximum Gasteiger partial charge on any atom is 0.0841 e. The number of nitrogens with two attached hydrogens (primary N) is 1. The van der Waals surface area contributed by atoms with Gasteiger partial charge in [-0.05, 0) is 6.42 Å². The van der Waals surface area contributed by atoms with Crippen molar-refractivity contribution in [1.82, 2.24) is 4.98 Å². The van der Waals surface area contributed by atoms with E-state index in [9.17, 15) is 0 Å². The van der Waals surface area contributed by atoms with Crippen LogP contribution in [0, 0.1) is 0 Å². The molecule has 1 rings (SSSR count). The molecule has 1 unspecified atom stereocenters. The van der Waals surface area contributed by atoms with Crippen molar-refractivity contribution in [2.24, 2.45) is 0 Å². The minimum absolute atomic E-state index is 0.0304. The summed E-state index contributed by atoms with van der Waals surface area (Å²) in [5.74, 6) is 0. The molecule has 0 radical (unpaired) electrons. The van der Waals surface area contributed by atoms with Gasteiger partial charge in [-0.25, -0.2) is 0 Å². The lowest BCUT2D eigenvalue weighted by Crippen LogP contribution is -2.23. The first-order valence-electron chi connectivity index (χ1n) is 4.45. The van der Waals surface area contributed by atoms with Crippen LogP contribution in [0.25, 0.3) is 0 Å². The van der Waals surface area contributed by atoms with E-state index in [1.807, 2.05) is 6.92 Å². The lowest BCUT2D eigenvalue weighted by molar-refractivity contribution is 0.272. The predicted octanol–water partition coefficient (Wildman–Crippen LogP) is 1.50. The first-order chi connectivity index (χ1) is 6.69. The number of nitrogens with one attached hydrogen (secondary N) is 1. The molecule has 5 heteroatoms. The Bertz CT molecular complexity index is 282. The van der Waals surface area contributed by atoms with E-state index in [0.29, 0.717) is 16.4 Å². The molecule has 0 amide bonds. The second-order valence-corrected chi connectivity index (χ2v) is 3.42. The lowest BCUT2D eigenvalue weighted by atomic mass is 10.2. The maximum absolute atomic E-state index is 9.01. The van der Waals surface area contributed by atoms with Gasteiger partial charge in [-0.2, -0.15) is 0 Å². The van der Waals surface area contributed by atoms with Crippen LogP contribution in [0.2, 0.25) is 5.02 Å². The highest BCUT2D eigenvalue weighted by molar-refractivity contribution is 6.33. The average molecular weight is 216 g/mol. The maximum atomic E-state index is 9.01. The van der Waals surface area contributed by atoms with Crippen molar-refractivity contribution in [3.8, 4) is 0 Å². The van der Waals surface area contributed by atoms with Crippen molar-refractivity contribution in [3.63, 3.8) is 0 Å². The summed E-state index contributed by atoms with van der Waals surface area (Å²) in [6, 6.07) is -0.0304. The van der Waals surface area contributed by atoms with Gasteiger partial charge in [0.05, 0.1) is 29.2 Å². The Morgan fingerprint density at radius 2 is 2.36 bits per heavy atom. The number of hydrogen-bond acceptors (Lipinski definition) is 4. The van der Waals surface area contributed by atoms with E-state index in [0.717, 1.165) is 6.42 Å². The van der Waals surface area contributed by atoms with Gasteiger partial charge >= 0.3 is 0 Å². The van der Waals surface area contributed by atoms with E-state index in [1.165, 1.54) is 12.4 Å². The quantitative estimate of drug-likeness (QED) is 0.712. The Balaban J connectivity index is 2.84.